The zero-order valence-electron chi connectivity index (χ0n) is 8.86. The van der Waals surface area contributed by atoms with Crippen LogP contribution in [0.2, 0.25) is 0 Å². The van der Waals surface area contributed by atoms with E-state index in [1.54, 1.807) is 0 Å². The molecule has 0 spiro atoms. The summed E-state index contributed by atoms with van der Waals surface area (Å²) in [6.07, 6.45) is 3.80. The third kappa shape index (κ3) is 3.79. The van der Waals surface area contributed by atoms with Crippen molar-refractivity contribution in [2.75, 3.05) is 19.8 Å². The number of hydrogen-bond donors (Lipinski definition) is 0. The zero-order chi connectivity index (χ0) is 10.7. The Hall–Kier alpha value is 0.270. The molecular weight excluding hydrogens is 219 g/mol. The molecule has 3 nitrogen and oxygen atoms in total. The second-order valence-electron chi connectivity index (χ2n) is 4.02. The molecule has 1 rings (SSSR count). The summed E-state index contributed by atoms with van der Waals surface area (Å²) in [7, 11) is 0. The van der Waals surface area contributed by atoms with Gasteiger partial charge in [0.2, 0.25) is 0 Å². The fraction of sp³-hybridized carbons (Fsp3) is 0.778. The highest BCUT2D eigenvalue weighted by Crippen LogP contribution is 2.54. The molecule has 0 aromatic carbocycles. The van der Waals surface area contributed by atoms with Gasteiger partial charge in [-0.15, -0.1) is 0 Å². The first-order valence-corrected chi connectivity index (χ1v) is 7.18. The second kappa shape index (κ2) is 4.86. The Kier molecular flexibility index (Phi) is 4.29. The molecule has 1 aliphatic heterocycles. The molecule has 14 heavy (non-hydrogen) atoms. The Balaban J connectivity index is 2.42. The molecule has 1 fully saturated rings. The van der Waals surface area contributed by atoms with E-state index in [9.17, 15) is 0 Å². The maximum Gasteiger partial charge on any atom is 0.327 e. The number of allylic oxidation sites excluding steroid dienone is 1. The van der Waals surface area contributed by atoms with Crippen molar-refractivity contribution in [2.45, 2.75) is 20.8 Å². The average molecular weight is 236 g/mol. The molecule has 82 valence electrons. The smallest absolute Gasteiger partial charge is 0.308 e. The molecule has 0 saturated carbocycles. The summed E-state index contributed by atoms with van der Waals surface area (Å²) in [4.78, 5) is 0. The van der Waals surface area contributed by atoms with E-state index in [-0.39, 0.29) is 5.41 Å². The zero-order valence-corrected chi connectivity index (χ0v) is 10.6. The van der Waals surface area contributed by atoms with Crippen molar-refractivity contribution < 1.29 is 13.6 Å². The lowest BCUT2D eigenvalue weighted by Gasteiger charge is -2.35. The third-order valence-corrected chi connectivity index (χ3v) is 4.10. The maximum absolute atomic E-state index is 5.47. The van der Waals surface area contributed by atoms with Gasteiger partial charge in [-0.25, -0.2) is 0 Å². The summed E-state index contributed by atoms with van der Waals surface area (Å²) in [5, 5.41) is 0. The molecule has 0 N–H and O–H groups in total. The molecular formula is C9H17O3PS. The fourth-order valence-electron chi connectivity index (χ4n) is 0.892. The van der Waals surface area contributed by atoms with Crippen LogP contribution in [0.3, 0.4) is 0 Å². The van der Waals surface area contributed by atoms with Gasteiger partial charge in [0.15, 0.2) is 0 Å². The third-order valence-electron chi connectivity index (χ3n) is 1.79. The first-order valence-electron chi connectivity index (χ1n) is 4.62. The second-order valence-corrected chi connectivity index (χ2v) is 7.03. The molecule has 0 aromatic rings. The number of rotatable bonds is 3. The van der Waals surface area contributed by atoms with Crippen molar-refractivity contribution in [1.82, 2.24) is 0 Å². The topological polar surface area (TPSA) is 27.7 Å². The van der Waals surface area contributed by atoms with Crippen LogP contribution in [-0.4, -0.2) is 19.8 Å². The summed E-state index contributed by atoms with van der Waals surface area (Å²) < 4.78 is 16.3. The Morgan fingerprint density at radius 1 is 1.43 bits per heavy atom. The van der Waals surface area contributed by atoms with Gasteiger partial charge < -0.3 is 13.6 Å². The van der Waals surface area contributed by atoms with Gasteiger partial charge in [0, 0.05) is 5.41 Å². The van der Waals surface area contributed by atoms with Gasteiger partial charge >= 0.3 is 6.72 Å². The first-order chi connectivity index (χ1) is 6.47. The minimum absolute atomic E-state index is 0.0479. The van der Waals surface area contributed by atoms with Gasteiger partial charge in [-0.2, -0.15) is 0 Å². The van der Waals surface area contributed by atoms with Crippen molar-refractivity contribution >= 4 is 18.5 Å². The van der Waals surface area contributed by atoms with E-state index in [1.807, 2.05) is 19.1 Å². The summed E-state index contributed by atoms with van der Waals surface area (Å²) >= 11 is 5.18. The highest BCUT2D eigenvalue weighted by Gasteiger charge is 2.33. The van der Waals surface area contributed by atoms with Gasteiger partial charge in [0.25, 0.3) is 0 Å². The normalized spacial score (nSPS) is 25.4. The molecule has 0 radical (unpaired) electrons. The quantitative estimate of drug-likeness (QED) is 0.556. The predicted octanol–water partition coefficient (Wildman–Crippen LogP) is 2.88. The average Bonchev–Trinajstić information content (AvgIpc) is 2.12. The Bertz CT molecular complexity index is 249. The molecule has 0 atom stereocenters. The van der Waals surface area contributed by atoms with Crippen LogP contribution in [0.4, 0.5) is 0 Å². The van der Waals surface area contributed by atoms with Crippen LogP contribution in [-0.2, 0) is 25.4 Å². The van der Waals surface area contributed by atoms with Crippen LogP contribution >= 0.6 is 6.72 Å². The highest BCUT2D eigenvalue weighted by molar-refractivity contribution is 8.07. The molecule has 1 aliphatic rings. The molecule has 0 amide bonds. The molecule has 0 unspecified atom stereocenters. The van der Waals surface area contributed by atoms with E-state index in [1.165, 1.54) is 0 Å². The minimum atomic E-state index is -2.44. The van der Waals surface area contributed by atoms with Crippen LogP contribution in [0.25, 0.3) is 0 Å². The van der Waals surface area contributed by atoms with Gasteiger partial charge in [0.05, 0.1) is 19.8 Å². The van der Waals surface area contributed by atoms with E-state index in [2.05, 4.69) is 13.8 Å². The van der Waals surface area contributed by atoms with E-state index in [0.29, 0.717) is 19.8 Å². The van der Waals surface area contributed by atoms with Crippen molar-refractivity contribution in [3.8, 4) is 0 Å². The molecule has 5 heteroatoms. The standard InChI is InChI=1S/C9H17O3PS/c1-4-5-6-10-13(14)11-7-9(2,3)8-12-13/h4-5H,6-8H2,1-3H3. The molecule has 0 aliphatic carbocycles. The summed E-state index contributed by atoms with van der Waals surface area (Å²) in [6, 6.07) is 0. The highest BCUT2D eigenvalue weighted by atomic mass is 32.5. The molecule has 0 bridgehead atoms. The molecule has 1 heterocycles. The van der Waals surface area contributed by atoms with E-state index >= 15 is 0 Å². The van der Waals surface area contributed by atoms with Crippen LogP contribution in [0.1, 0.15) is 20.8 Å². The van der Waals surface area contributed by atoms with Gasteiger partial charge in [-0.3, -0.25) is 0 Å². The van der Waals surface area contributed by atoms with Gasteiger partial charge in [-0.05, 0) is 18.7 Å². The van der Waals surface area contributed by atoms with E-state index in [4.69, 9.17) is 25.4 Å². The monoisotopic (exact) mass is 236 g/mol. The van der Waals surface area contributed by atoms with Gasteiger partial charge in [-0.1, -0.05) is 26.0 Å². The first kappa shape index (κ1) is 12.3. The fourth-order valence-corrected chi connectivity index (χ4v) is 2.90. The van der Waals surface area contributed by atoms with Crippen LogP contribution in [0.5, 0.6) is 0 Å². The Morgan fingerprint density at radius 3 is 2.50 bits per heavy atom. The predicted molar refractivity (Wildman–Crippen MR) is 60.7 cm³/mol. The summed E-state index contributed by atoms with van der Waals surface area (Å²) in [6.45, 7) is 5.34. The van der Waals surface area contributed by atoms with E-state index in [0.717, 1.165) is 0 Å². The van der Waals surface area contributed by atoms with Crippen LogP contribution in [0, 0.1) is 5.41 Å². The van der Waals surface area contributed by atoms with Crippen molar-refractivity contribution in [1.29, 1.82) is 0 Å². The van der Waals surface area contributed by atoms with E-state index < -0.39 is 6.72 Å². The Labute approximate surface area is 90.7 Å². The SMILES string of the molecule is CC=CCOP1(=S)OCC(C)(C)CO1. The van der Waals surface area contributed by atoms with Gasteiger partial charge in [0.1, 0.15) is 0 Å². The molecule has 0 aromatic heterocycles. The van der Waals surface area contributed by atoms with Crippen LogP contribution < -0.4 is 0 Å². The summed E-state index contributed by atoms with van der Waals surface area (Å²) in [5.41, 5.74) is 0.0479. The van der Waals surface area contributed by atoms with Crippen molar-refractivity contribution in [3.05, 3.63) is 12.2 Å². The Morgan fingerprint density at radius 2 is 2.00 bits per heavy atom. The number of hydrogen-bond acceptors (Lipinski definition) is 4. The summed E-state index contributed by atoms with van der Waals surface area (Å²) in [5.74, 6) is 0. The van der Waals surface area contributed by atoms with Crippen LogP contribution in [0.15, 0.2) is 12.2 Å². The van der Waals surface area contributed by atoms with Crippen molar-refractivity contribution in [2.24, 2.45) is 5.41 Å². The van der Waals surface area contributed by atoms with Crippen molar-refractivity contribution in [3.63, 3.8) is 0 Å². The minimum Gasteiger partial charge on any atom is -0.308 e. The lowest BCUT2D eigenvalue weighted by Crippen LogP contribution is -2.29. The lowest BCUT2D eigenvalue weighted by atomic mass is 9.97. The maximum atomic E-state index is 5.47. The largest absolute Gasteiger partial charge is 0.327 e. The molecule has 1 saturated heterocycles. The lowest BCUT2D eigenvalue weighted by molar-refractivity contribution is 0.0284.